The molecule has 0 saturated carbocycles. The molecule has 1 heterocycles. The molecule has 1 amide bonds. The normalized spacial score (nSPS) is 10.2. The number of hydrogen-bond acceptors (Lipinski definition) is 6. The molecule has 7 nitrogen and oxygen atoms in total. The van der Waals surface area contributed by atoms with Crippen molar-refractivity contribution in [2.45, 2.75) is 6.92 Å². The van der Waals surface area contributed by atoms with Gasteiger partial charge < -0.3 is 20.1 Å². The van der Waals surface area contributed by atoms with Crippen molar-refractivity contribution in [2.75, 3.05) is 24.9 Å². The zero-order valence-corrected chi connectivity index (χ0v) is 15.3. The van der Waals surface area contributed by atoms with Gasteiger partial charge in [0, 0.05) is 11.8 Å². The van der Waals surface area contributed by atoms with Crippen LogP contribution in [0.1, 0.15) is 16.1 Å². The molecular weight excluding hydrogens is 344 g/mol. The third-order valence-electron chi connectivity index (χ3n) is 3.87. The molecule has 0 atom stereocenters. The largest absolute Gasteiger partial charge is 0.497 e. The fourth-order valence-electron chi connectivity index (χ4n) is 2.38. The molecule has 2 aromatic carbocycles. The van der Waals surface area contributed by atoms with Crippen LogP contribution in [0.4, 0.5) is 17.2 Å². The van der Waals surface area contributed by atoms with E-state index in [9.17, 15) is 4.79 Å². The zero-order valence-electron chi connectivity index (χ0n) is 15.3. The number of hydrogen-bond donors (Lipinski definition) is 2. The monoisotopic (exact) mass is 364 g/mol. The number of rotatable bonds is 6. The Morgan fingerprint density at radius 2 is 1.74 bits per heavy atom. The maximum absolute atomic E-state index is 12.3. The predicted molar refractivity (Wildman–Crippen MR) is 104 cm³/mol. The van der Waals surface area contributed by atoms with E-state index in [2.05, 4.69) is 20.6 Å². The van der Waals surface area contributed by atoms with Gasteiger partial charge in [0.1, 0.15) is 23.0 Å². The first-order valence-electron chi connectivity index (χ1n) is 8.28. The summed E-state index contributed by atoms with van der Waals surface area (Å²) in [5.41, 5.74) is 2.77. The first-order chi connectivity index (χ1) is 13.1. The molecule has 0 aliphatic heterocycles. The molecule has 3 rings (SSSR count). The second-order valence-corrected chi connectivity index (χ2v) is 5.80. The number of anilines is 3. The van der Waals surface area contributed by atoms with Crippen LogP contribution in [0.3, 0.4) is 0 Å². The topological polar surface area (TPSA) is 85.4 Å². The van der Waals surface area contributed by atoms with E-state index in [1.54, 1.807) is 20.3 Å². The summed E-state index contributed by atoms with van der Waals surface area (Å²) < 4.78 is 10.5. The lowest BCUT2D eigenvalue weighted by atomic mass is 10.2. The Morgan fingerprint density at radius 3 is 2.37 bits per heavy atom. The van der Waals surface area contributed by atoms with E-state index in [1.807, 2.05) is 43.3 Å². The molecule has 0 aliphatic carbocycles. The van der Waals surface area contributed by atoms with Gasteiger partial charge in [0.05, 0.1) is 32.3 Å². The van der Waals surface area contributed by atoms with Gasteiger partial charge >= 0.3 is 0 Å². The van der Waals surface area contributed by atoms with Gasteiger partial charge in [-0.25, -0.2) is 9.97 Å². The maximum atomic E-state index is 12.3. The highest BCUT2D eigenvalue weighted by Crippen LogP contribution is 2.30. The number of nitrogens with one attached hydrogen (secondary N) is 2. The van der Waals surface area contributed by atoms with Crippen LogP contribution in [0.5, 0.6) is 11.5 Å². The predicted octanol–water partition coefficient (Wildman–Crippen LogP) is 3.80. The van der Waals surface area contributed by atoms with Crippen LogP contribution in [0.2, 0.25) is 0 Å². The van der Waals surface area contributed by atoms with Crippen molar-refractivity contribution < 1.29 is 14.3 Å². The minimum absolute atomic E-state index is 0.225. The summed E-state index contributed by atoms with van der Waals surface area (Å²) in [5, 5.41) is 5.90. The molecule has 0 fully saturated rings. The average Bonchev–Trinajstić information content (AvgIpc) is 2.70. The van der Waals surface area contributed by atoms with E-state index in [0.717, 1.165) is 5.56 Å². The molecule has 2 N–H and O–H groups in total. The van der Waals surface area contributed by atoms with Crippen molar-refractivity contribution in [1.29, 1.82) is 0 Å². The summed E-state index contributed by atoms with van der Waals surface area (Å²) in [6, 6.07) is 12.9. The molecule has 7 heteroatoms. The molecule has 0 saturated heterocycles. The fourth-order valence-corrected chi connectivity index (χ4v) is 2.38. The average molecular weight is 364 g/mol. The lowest BCUT2D eigenvalue weighted by molar-refractivity contribution is 0.102. The first-order valence-corrected chi connectivity index (χ1v) is 8.28. The Labute approximate surface area is 157 Å². The molecule has 1 aromatic heterocycles. The molecule has 138 valence electrons. The lowest BCUT2D eigenvalue weighted by Crippen LogP contribution is -2.14. The van der Waals surface area contributed by atoms with Crippen molar-refractivity contribution in [3.05, 3.63) is 66.1 Å². The molecule has 0 unspecified atom stereocenters. The van der Waals surface area contributed by atoms with E-state index in [1.165, 1.54) is 12.4 Å². The summed E-state index contributed by atoms with van der Waals surface area (Å²) in [4.78, 5) is 20.7. The van der Waals surface area contributed by atoms with Crippen molar-refractivity contribution in [3.8, 4) is 11.5 Å². The first kappa shape index (κ1) is 18.2. The molecule has 3 aromatic rings. The van der Waals surface area contributed by atoms with Gasteiger partial charge in [0.25, 0.3) is 5.91 Å². The Hall–Kier alpha value is -3.61. The van der Waals surface area contributed by atoms with Crippen LogP contribution < -0.4 is 20.1 Å². The third kappa shape index (κ3) is 4.52. The minimum atomic E-state index is -0.320. The van der Waals surface area contributed by atoms with Crippen LogP contribution >= 0.6 is 0 Å². The molecule has 0 bridgehead atoms. The number of carbonyl (C=O) groups excluding carboxylic acids is 1. The van der Waals surface area contributed by atoms with Gasteiger partial charge in [-0.15, -0.1) is 0 Å². The molecule has 0 aliphatic rings. The van der Waals surface area contributed by atoms with Gasteiger partial charge in [-0.2, -0.15) is 0 Å². The van der Waals surface area contributed by atoms with E-state index < -0.39 is 0 Å². The second kappa shape index (κ2) is 8.18. The zero-order chi connectivity index (χ0) is 19.2. The highest BCUT2D eigenvalue weighted by molar-refractivity contribution is 6.02. The Morgan fingerprint density at radius 1 is 0.963 bits per heavy atom. The number of aromatic nitrogens is 2. The van der Waals surface area contributed by atoms with Crippen molar-refractivity contribution >= 4 is 23.1 Å². The summed E-state index contributed by atoms with van der Waals surface area (Å²) >= 11 is 0. The maximum Gasteiger partial charge on any atom is 0.275 e. The van der Waals surface area contributed by atoms with Crippen LogP contribution in [-0.4, -0.2) is 30.1 Å². The van der Waals surface area contributed by atoms with E-state index in [-0.39, 0.29) is 11.6 Å². The second-order valence-electron chi connectivity index (χ2n) is 5.80. The number of carbonyl (C=O) groups is 1. The molecular formula is C20H20N4O3. The van der Waals surface area contributed by atoms with Crippen molar-refractivity contribution in [2.24, 2.45) is 0 Å². The number of methoxy groups -OCH3 is 2. The smallest absolute Gasteiger partial charge is 0.275 e. The summed E-state index contributed by atoms with van der Waals surface area (Å²) in [6.07, 6.45) is 2.91. The highest BCUT2D eigenvalue weighted by atomic mass is 16.5. The molecule has 0 spiro atoms. The highest BCUT2D eigenvalue weighted by Gasteiger charge is 2.10. The summed E-state index contributed by atoms with van der Waals surface area (Å²) in [5.74, 6) is 1.47. The van der Waals surface area contributed by atoms with Crippen LogP contribution in [0.15, 0.2) is 54.9 Å². The number of ether oxygens (including phenoxy) is 2. The quantitative estimate of drug-likeness (QED) is 0.692. The Bertz CT molecular complexity index is 925. The van der Waals surface area contributed by atoms with Crippen LogP contribution in [0, 0.1) is 6.92 Å². The number of aryl methyl sites for hydroxylation is 1. The van der Waals surface area contributed by atoms with Gasteiger partial charge in [0.2, 0.25) is 0 Å². The van der Waals surface area contributed by atoms with E-state index >= 15 is 0 Å². The van der Waals surface area contributed by atoms with Gasteiger partial charge in [-0.3, -0.25) is 4.79 Å². The molecule has 27 heavy (non-hydrogen) atoms. The molecule has 0 radical (unpaired) electrons. The van der Waals surface area contributed by atoms with Gasteiger partial charge in [-0.05, 0) is 31.2 Å². The van der Waals surface area contributed by atoms with Crippen LogP contribution in [0.25, 0.3) is 0 Å². The Kier molecular flexibility index (Phi) is 5.51. The Balaban J connectivity index is 1.70. The SMILES string of the molecule is COc1ccc(Nc2cnc(C(=O)Nc3ccc(C)cc3)cn2)c(OC)c1. The van der Waals surface area contributed by atoms with Crippen molar-refractivity contribution in [3.63, 3.8) is 0 Å². The standard InChI is InChI=1S/C20H20N4O3/c1-13-4-6-14(7-5-13)23-20(25)17-11-22-19(12-21-17)24-16-9-8-15(26-2)10-18(16)27-3/h4-12H,1-3H3,(H,22,24)(H,23,25). The van der Waals surface area contributed by atoms with Gasteiger partial charge in [-0.1, -0.05) is 17.7 Å². The number of nitrogens with zero attached hydrogens (tertiary/aromatic N) is 2. The lowest BCUT2D eigenvalue weighted by Gasteiger charge is -2.12. The van der Waals surface area contributed by atoms with E-state index in [4.69, 9.17) is 9.47 Å². The van der Waals surface area contributed by atoms with Crippen LogP contribution in [-0.2, 0) is 0 Å². The number of benzene rings is 2. The number of amides is 1. The van der Waals surface area contributed by atoms with Crippen molar-refractivity contribution in [1.82, 2.24) is 9.97 Å². The summed E-state index contributed by atoms with van der Waals surface area (Å²) in [6.45, 7) is 1.99. The van der Waals surface area contributed by atoms with Gasteiger partial charge in [0.15, 0.2) is 0 Å². The third-order valence-corrected chi connectivity index (χ3v) is 3.87. The summed E-state index contributed by atoms with van der Waals surface area (Å²) in [7, 11) is 3.16. The minimum Gasteiger partial charge on any atom is -0.497 e. The van der Waals surface area contributed by atoms with E-state index in [0.29, 0.717) is 28.7 Å². The fraction of sp³-hybridized carbons (Fsp3) is 0.150.